The van der Waals surface area contributed by atoms with Crippen molar-refractivity contribution in [1.82, 2.24) is 9.55 Å². The normalized spacial score (nSPS) is 12.8. The lowest BCUT2D eigenvalue weighted by Crippen LogP contribution is -2.04. The summed E-state index contributed by atoms with van der Waals surface area (Å²) in [5.74, 6) is 0.121. The summed E-state index contributed by atoms with van der Waals surface area (Å²) in [6.07, 6.45) is 0. The summed E-state index contributed by atoms with van der Waals surface area (Å²) in [7, 11) is 0. The zero-order chi connectivity index (χ0) is 15.1. The Morgan fingerprint density at radius 2 is 2.00 bits per heavy atom. The minimum absolute atomic E-state index is 0.0784. The van der Waals surface area contributed by atoms with E-state index in [4.69, 9.17) is 23.2 Å². The molecule has 0 amide bonds. The van der Waals surface area contributed by atoms with Crippen LogP contribution in [0.15, 0.2) is 36.4 Å². The third-order valence-electron chi connectivity index (χ3n) is 3.36. The molecule has 0 saturated carbocycles. The van der Waals surface area contributed by atoms with E-state index in [9.17, 15) is 4.39 Å². The summed E-state index contributed by atoms with van der Waals surface area (Å²) in [5, 5.41) is -0.272. The predicted molar refractivity (Wildman–Crippen MR) is 85.0 cm³/mol. The maximum atomic E-state index is 14.4. The molecule has 0 fully saturated rings. The van der Waals surface area contributed by atoms with Gasteiger partial charge < -0.3 is 0 Å². The van der Waals surface area contributed by atoms with Crippen molar-refractivity contribution in [1.29, 1.82) is 0 Å². The Morgan fingerprint density at radius 1 is 1.24 bits per heavy atom. The predicted octanol–water partition coefficient (Wildman–Crippen LogP) is 5.43. The molecular formula is C16H13Cl2FN2. The zero-order valence-corrected chi connectivity index (χ0v) is 13.1. The molecule has 2 aromatic carbocycles. The number of alkyl halides is 1. The van der Waals surface area contributed by atoms with Gasteiger partial charge in [-0.2, -0.15) is 0 Å². The van der Waals surface area contributed by atoms with Crippen molar-refractivity contribution in [2.45, 2.75) is 19.2 Å². The fourth-order valence-electron chi connectivity index (χ4n) is 2.39. The second kappa shape index (κ2) is 5.32. The second-order valence-corrected chi connectivity index (χ2v) is 6.05. The Balaban J connectivity index is 2.39. The Kier molecular flexibility index (Phi) is 3.64. The highest BCUT2D eigenvalue weighted by Gasteiger charge is 2.19. The van der Waals surface area contributed by atoms with Gasteiger partial charge in [-0.3, -0.25) is 4.57 Å². The van der Waals surface area contributed by atoms with Gasteiger partial charge >= 0.3 is 0 Å². The zero-order valence-electron chi connectivity index (χ0n) is 11.6. The number of aryl methyl sites for hydroxylation is 1. The van der Waals surface area contributed by atoms with E-state index in [1.807, 2.05) is 32.0 Å². The summed E-state index contributed by atoms with van der Waals surface area (Å²) in [5.41, 5.74) is 3.05. The average Bonchev–Trinajstić information content (AvgIpc) is 2.80. The van der Waals surface area contributed by atoms with Crippen molar-refractivity contribution < 1.29 is 4.39 Å². The first kappa shape index (κ1) is 14.4. The van der Waals surface area contributed by atoms with Crippen LogP contribution >= 0.6 is 23.2 Å². The van der Waals surface area contributed by atoms with Crippen molar-refractivity contribution in [3.63, 3.8) is 0 Å². The molecule has 0 N–H and O–H groups in total. The average molecular weight is 323 g/mol. The van der Waals surface area contributed by atoms with Crippen LogP contribution in [0.4, 0.5) is 4.39 Å². The molecule has 0 bridgehead atoms. The van der Waals surface area contributed by atoms with Crippen LogP contribution in [0, 0.1) is 12.7 Å². The van der Waals surface area contributed by atoms with Gasteiger partial charge in [-0.15, -0.1) is 11.6 Å². The molecule has 1 atom stereocenters. The molecule has 2 nitrogen and oxygen atoms in total. The molecule has 0 saturated heterocycles. The summed E-state index contributed by atoms with van der Waals surface area (Å²) in [4.78, 5) is 4.54. The van der Waals surface area contributed by atoms with Gasteiger partial charge in [-0.05, 0) is 43.7 Å². The SMILES string of the molecule is Cc1ccc2c(c1)nc(C(C)Cl)n2-c1cccc(Cl)c1F. The number of rotatable bonds is 2. The Morgan fingerprint density at radius 3 is 2.71 bits per heavy atom. The van der Waals surface area contributed by atoms with Crippen LogP contribution < -0.4 is 0 Å². The number of imidazole rings is 1. The van der Waals surface area contributed by atoms with Gasteiger partial charge in [0.1, 0.15) is 5.82 Å². The summed E-state index contributed by atoms with van der Waals surface area (Å²) in [6, 6.07) is 10.7. The van der Waals surface area contributed by atoms with Gasteiger partial charge in [-0.1, -0.05) is 23.7 Å². The third-order valence-corrected chi connectivity index (χ3v) is 3.85. The number of fused-ring (bicyclic) bond motifs is 1. The van der Waals surface area contributed by atoms with E-state index < -0.39 is 5.82 Å². The van der Waals surface area contributed by atoms with Crippen LogP contribution in [0.1, 0.15) is 23.7 Å². The van der Waals surface area contributed by atoms with Gasteiger partial charge in [0, 0.05) is 0 Å². The maximum Gasteiger partial charge on any atom is 0.165 e. The van der Waals surface area contributed by atoms with Gasteiger partial charge in [0.05, 0.1) is 27.1 Å². The molecule has 0 aliphatic heterocycles. The van der Waals surface area contributed by atoms with E-state index >= 15 is 0 Å². The largest absolute Gasteiger partial charge is 0.292 e. The summed E-state index contributed by atoms with van der Waals surface area (Å²) in [6.45, 7) is 3.80. The molecule has 1 aromatic heterocycles. The van der Waals surface area contributed by atoms with Crippen molar-refractivity contribution in [3.05, 3.63) is 58.6 Å². The highest BCUT2D eigenvalue weighted by Crippen LogP contribution is 2.31. The third kappa shape index (κ3) is 2.41. The minimum Gasteiger partial charge on any atom is -0.292 e. The number of hydrogen-bond donors (Lipinski definition) is 0. The first-order chi connectivity index (χ1) is 9.99. The number of hydrogen-bond acceptors (Lipinski definition) is 1. The van der Waals surface area contributed by atoms with Gasteiger partial charge in [-0.25, -0.2) is 9.37 Å². The van der Waals surface area contributed by atoms with Crippen LogP contribution in [0.3, 0.4) is 0 Å². The quantitative estimate of drug-likeness (QED) is 0.575. The molecule has 0 aliphatic rings. The molecule has 108 valence electrons. The van der Waals surface area contributed by atoms with E-state index in [0.717, 1.165) is 16.6 Å². The summed E-state index contributed by atoms with van der Waals surface area (Å²) >= 11 is 12.1. The standard InChI is InChI=1S/C16H13Cl2FN2/c1-9-6-7-13-12(8-9)20-16(10(2)17)21(13)14-5-3-4-11(18)15(14)19/h3-8,10H,1-2H3. The van der Waals surface area contributed by atoms with Crippen molar-refractivity contribution in [2.75, 3.05) is 0 Å². The highest BCUT2D eigenvalue weighted by atomic mass is 35.5. The molecule has 3 rings (SSSR count). The van der Waals surface area contributed by atoms with Crippen molar-refractivity contribution >= 4 is 34.2 Å². The number of nitrogens with zero attached hydrogens (tertiary/aromatic N) is 2. The lowest BCUT2D eigenvalue weighted by atomic mass is 10.2. The lowest BCUT2D eigenvalue weighted by Gasteiger charge is -2.12. The Hall–Kier alpha value is -1.58. The van der Waals surface area contributed by atoms with Crippen LogP contribution in [0.2, 0.25) is 5.02 Å². The second-order valence-electron chi connectivity index (χ2n) is 4.99. The van der Waals surface area contributed by atoms with Crippen LogP contribution in [0.25, 0.3) is 16.7 Å². The monoisotopic (exact) mass is 322 g/mol. The van der Waals surface area contributed by atoms with Crippen molar-refractivity contribution in [2.24, 2.45) is 0 Å². The summed E-state index contributed by atoms with van der Waals surface area (Å²) < 4.78 is 16.1. The molecule has 0 aliphatic carbocycles. The first-order valence-electron chi connectivity index (χ1n) is 6.56. The fraction of sp³-hybridized carbons (Fsp3) is 0.188. The molecule has 0 radical (unpaired) electrons. The molecule has 0 spiro atoms. The van der Waals surface area contributed by atoms with Crippen LogP contribution in [-0.2, 0) is 0 Å². The van der Waals surface area contributed by atoms with E-state index in [-0.39, 0.29) is 10.4 Å². The van der Waals surface area contributed by atoms with E-state index in [2.05, 4.69) is 4.98 Å². The van der Waals surface area contributed by atoms with Gasteiger partial charge in [0.2, 0.25) is 0 Å². The number of benzene rings is 2. The lowest BCUT2D eigenvalue weighted by molar-refractivity contribution is 0.617. The van der Waals surface area contributed by atoms with E-state index in [1.165, 1.54) is 6.07 Å². The first-order valence-corrected chi connectivity index (χ1v) is 7.38. The molecule has 1 heterocycles. The smallest absolute Gasteiger partial charge is 0.165 e. The van der Waals surface area contributed by atoms with E-state index in [0.29, 0.717) is 11.5 Å². The molecule has 5 heteroatoms. The molecule has 1 unspecified atom stereocenters. The van der Waals surface area contributed by atoms with E-state index in [1.54, 1.807) is 16.7 Å². The highest BCUT2D eigenvalue weighted by molar-refractivity contribution is 6.30. The Bertz CT molecular complexity index is 825. The van der Waals surface area contributed by atoms with Crippen molar-refractivity contribution in [3.8, 4) is 5.69 Å². The van der Waals surface area contributed by atoms with Gasteiger partial charge in [0.15, 0.2) is 5.82 Å². The maximum absolute atomic E-state index is 14.4. The fourth-order valence-corrected chi connectivity index (χ4v) is 2.71. The van der Waals surface area contributed by atoms with Crippen LogP contribution in [-0.4, -0.2) is 9.55 Å². The Labute approximate surface area is 132 Å². The minimum atomic E-state index is -0.474. The topological polar surface area (TPSA) is 17.8 Å². The van der Waals surface area contributed by atoms with Crippen LogP contribution in [0.5, 0.6) is 0 Å². The number of halogens is 3. The van der Waals surface area contributed by atoms with Gasteiger partial charge in [0.25, 0.3) is 0 Å². The molecule has 21 heavy (non-hydrogen) atoms. The molecule has 3 aromatic rings. The molecular weight excluding hydrogens is 310 g/mol. The number of aromatic nitrogens is 2.